The number of benzene rings is 1. The molecular formula is C16H22O. The first kappa shape index (κ1) is 12.2. The molecule has 0 atom stereocenters. The van der Waals surface area contributed by atoms with Gasteiger partial charge in [-0.3, -0.25) is 0 Å². The molecule has 0 N–H and O–H groups in total. The lowest BCUT2D eigenvalue weighted by Gasteiger charge is -2.20. The second-order valence-corrected chi connectivity index (χ2v) is 6.17. The molecule has 2 aromatic rings. The molecule has 0 bridgehead atoms. The van der Waals surface area contributed by atoms with Gasteiger partial charge >= 0.3 is 0 Å². The van der Waals surface area contributed by atoms with Crippen LogP contribution in [0.2, 0.25) is 0 Å². The average molecular weight is 230 g/mol. The second kappa shape index (κ2) is 3.90. The first-order chi connectivity index (χ1) is 7.82. The average Bonchev–Trinajstić information content (AvgIpc) is 2.55. The standard InChI is InChI=1S/C16H22O/c1-10(2)15-11(3)14-12(16(4,5)6)8-7-9-13(14)17-15/h7-10H,1-6H3. The zero-order valence-electron chi connectivity index (χ0n) is 11.7. The van der Waals surface area contributed by atoms with E-state index in [1.807, 2.05) is 0 Å². The molecule has 0 saturated heterocycles. The van der Waals surface area contributed by atoms with Crippen LogP contribution in [0.5, 0.6) is 0 Å². The van der Waals surface area contributed by atoms with Crippen LogP contribution in [-0.2, 0) is 5.41 Å². The van der Waals surface area contributed by atoms with Gasteiger partial charge in [-0.2, -0.15) is 0 Å². The zero-order chi connectivity index (χ0) is 12.8. The van der Waals surface area contributed by atoms with Gasteiger partial charge in [0.25, 0.3) is 0 Å². The zero-order valence-corrected chi connectivity index (χ0v) is 11.7. The van der Waals surface area contributed by atoms with Gasteiger partial charge in [-0.15, -0.1) is 0 Å². The summed E-state index contributed by atoms with van der Waals surface area (Å²) in [7, 11) is 0. The van der Waals surface area contributed by atoms with Gasteiger partial charge < -0.3 is 4.42 Å². The fourth-order valence-electron chi connectivity index (χ4n) is 2.50. The normalized spacial score (nSPS) is 12.6. The Kier molecular flexibility index (Phi) is 2.81. The first-order valence-electron chi connectivity index (χ1n) is 6.35. The summed E-state index contributed by atoms with van der Waals surface area (Å²) in [5.74, 6) is 1.56. The number of aryl methyl sites for hydroxylation is 1. The molecule has 0 unspecified atom stereocenters. The van der Waals surface area contributed by atoms with Crippen molar-refractivity contribution < 1.29 is 4.42 Å². The summed E-state index contributed by atoms with van der Waals surface area (Å²) in [4.78, 5) is 0. The van der Waals surface area contributed by atoms with Crippen molar-refractivity contribution in [2.45, 2.75) is 52.9 Å². The van der Waals surface area contributed by atoms with Gasteiger partial charge in [0.2, 0.25) is 0 Å². The number of hydrogen-bond acceptors (Lipinski definition) is 1. The summed E-state index contributed by atoms with van der Waals surface area (Å²) >= 11 is 0. The summed E-state index contributed by atoms with van der Waals surface area (Å²) in [5, 5.41) is 1.31. The van der Waals surface area contributed by atoms with Crippen molar-refractivity contribution in [3.8, 4) is 0 Å². The summed E-state index contributed by atoms with van der Waals surface area (Å²) in [6, 6.07) is 6.38. The molecule has 1 aromatic heterocycles. The quantitative estimate of drug-likeness (QED) is 0.659. The summed E-state index contributed by atoms with van der Waals surface area (Å²) in [5.41, 5.74) is 3.87. The molecular weight excluding hydrogens is 208 g/mol. The Morgan fingerprint density at radius 2 is 1.76 bits per heavy atom. The maximum atomic E-state index is 6.00. The fourth-order valence-corrected chi connectivity index (χ4v) is 2.50. The summed E-state index contributed by atoms with van der Waals surface area (Å²) < 4.78 is 6.00. The molecule has 0 fully saturated rings. The minimum atomic E-state index is 0.155. The SMILES string of the molecule is Cc1c(C(C)C)oc2cccc(C(C)(C)C)c12. The van der Waals surface area contributed by atoms with E-state index in [2.05, 4.69) is 59.7 Å². The Hall–Kier alpha value is -1.24. The first-order valence-corrected chi connectivity index (χ1v) is 6.35. The van der Waals surface area contributed by atoms with E-state index < -0.39 is 0 Å². The van der Waals surface area contributed by atoms with Gasteiger partial charge in [-0.1, -0.05) is 46.8 Å². The Morgan fingerprint density at radius 1 is 1.12 bits per heavy atom. The van der Waals surface area contributed by atoms with E-state index in [4.69, 9.17) is 4.42 Å². The second-order valence-electron chi connectivity index (χ2n) is 6.17. The molecule has 1 nitrogen and oxygen atoms in total. The van der Waals surface area contributed by atoms with Crippen LogP contribution in [0.1, 0.15) is 57.4 Å². The van der Waals surface area contributed by atoms with Gasteiger partial charge in [0, 0.05) is 11.3 Å². The fraction of sp³-hybridized carbons (Fsp3) is 0.500. The van der Waals surface area contributed by atoms with Crippen LogP contribution in [-0.4, -0.2) is 0 Å². The molecule has 2 rings (SSSR count). The topological polar surface area (TPSA) is 13.1 Å². The molecule has 1 aromatic carbocycles. The van der Waals surface area contributed by atoms with Crippen molar-refractivity contribution in [3.05, 3.63) is 35.1 Å². The van der Waals surface area contributed by atoms with E-state index in [1.54, 1.807) is 0 Å². The molecule has 0 aliphatic carbocycles. The van der Waals surface area contributed by atoms with Crippen LogP contribution in [0.3, 0.4) is 0 Å². The predicted molar refractivity (Wildman–Crippen MR) is 73.7 cm³/mol. The van der Waals surface area contributed by atoms with Crippen LogP contribution in [0.4, 0.5) is 0 Å². The highest BCUT2D eigenvalue weighted by atomic mass is 16.3. The Bertz CT molecular complexity index is 538. The Balaban J connectivity index is 2.80. The third kappa shape index (κ3) is 1.99. The van der Waals surface area contributed by atoms with Gasteiger partial charge in [0.1, 0.15) is 11.3 Å². The third-order valence-electron chi connectivity index (χ3n) is 3.32. The highest BCUT2D eigenvalue weighted by Gasteiger charge is 2.22. The lowest BCUT2D eigenvalue weighted by molar-refractivity contribution is 0.517. The Morgan fingerprint density at radius 3 is 2.29 bits per heavy atom. The lowest BCUT2D eigenvalue weighted by atomic mass is 9.83. The van der Waals surface area contributed by atoms with Crippen molar-refractivity contribution >= 4 is 11.0 Å². The number of rotatable bonds is 1. The molecule has 92 valence electrons. The molecule has 0 saturated carbocycles. The number of furan rings is 1. The Labute approximate surface area is 104 Å². The molecule has 0 amide bonds. The van der Waals surface area contributed by atoms with Crippen LogP contribution < -0.4 is 0 Å². The maximum absolute atomic E-state index is 6.00. The molecule has 1 heterocycles. The number of hydrogen-bond donors (Lipinski definition) is 0. The van der Waals surface area contributed by atoms with Crippen LogP contribution in [0.15, 0.2) is 22.6 Å². The van der Waals surface area contributed by atoms with E-state index in [0.29, 0.717) is 5.92 Å². The van der Waals surface area contributed by atoms with Crippen molar-refractivity contribution in [2.75, 3.05) is 0 Å². The van der Waals surface area contributed by atoms with Crippen molar-refractivity contribution in [3.63, 3.8) is 0 Å². The van der Waals surface area contributed by atoms with Crippen LogP contribution >= 0.6 is 0 Å². The third-order valence-corrected chi connectivity index (χ3v) is 3.32. The smallest absolute Gasteiger partial charge is 0.134 e. The van der Waals surface area contributed by atoms with Crippen molar-refractivity contribution in [2.24, 2.45) is 0 Å². The molecule has 0 aliphatic rings. The summed E-state index contributed by atoms with van der Waals surface area (Å²) in [6.07, 6.45) is 0. The van der Waals surface area contributed by atoms with E-state index >= 15 is 0 Å². The maximum Gasteiger partial charge on any atom is 0.134 e. The van der Waals surface area contributed by atoms with E-state index in [1.165, 1.54) is 16.5 Å². The molecule has 0 radical (unpaired) electrons. The minimum absolute atomic E-state index is 0.155. The largest absolute Gasteiger partial charge is 0.461 e. The van der Waals surface area contributed by atoms with Gasteiger partial charge in [0.05, 0.1) is 0 Å². The van der Waals surface area contributed by atoms with Gasteiger partial charge in [-0.05, 0) is 29.5 Å². The predicted octanol–water partition coefficient (Wildman–Crippen LogP) is 5.16. The monoisotopic (exact) mass is 230 g/mol. The van der Waals surface area contributed by atoms with Gasteiger partial charge in [-0.25, -0.2) is 0 Å². The van der Waals surface area contributed by atoms with E-state index in [-0.39, 0.29) is 5.41 Å². The van der Waals surface area contributed by atoms with Crippen molar-refractivity contribution in [1.29, 1.82) is 0 Å². The molecule has 17 heavy (non-hydrogen) atoms. The van der Waals surface area contributed by atoms with E-state index in [0.717, 1.165) is 11.3 Å². The lowest BCUT2D eigenvalue weighted by Crippen LogP contribution is -2.11. The molecule has 0 spiro atoms. The highest BCUT2D eigenvalue weighted by Crippen LogP contribution is 2.37. The molecule has 0 aliphatic heterocycles. The number of fused-ring (bicyclic) bond motifs is 1. The highest BCUT2D eigenvalue weighted by molar-refractivity contribution is 5.86. The van der Waals surface area contributed by atoms with E-state index in [9.17, 15) is 0 Å². The minimum Gasteiger partial charge on any atom is -0.461 e. The van der Waals surface area contributed by atoms with Crippen LogP contribution in [0, 0.1) is 6.92 Å². The summed E-state index contributed by atoms with van der Waals surface area (Å²) in [6.45, 7) is 13.3. The molecule has 1 heteroatoms. The van der Waals surface area contributed by atoms with Crippen molar-refractivity contribution in [1.82, 2.24) is 0 Å². The van der Waals surface area contributed by atoms with Gasteiger partial charge in [0.15, 0.2) is 0 Å². The van der Waals surface area contributed by atoms with Crippen LogP contribution in [0.25, 0.3) is 11.0 Å².